The van der Waals surface area contributed by atoms with Crippen LogP contribution in [-0.4, -0.2) is 12.5 Å². The third-order valence-electron chi connectivity index (χ3n) is 3.30. The second-order valence-corrected chi connectivity index (χ2v) is 4.94. The smallest absolute Gasteiger partial charge is 0.251 e. The molecule has 2 rings (SSSR count). The Morgan fingerprint density at radius 1 is 1.09 bits per heavy atom. The summed E-state index contributed by atoms with van der Waals surface area (Å²) in [7, 11) is 0. The van der Waals surface area contributed by atoms with Crippen LogP contribution in [0.4, 0.5) is 0 Å². The van der Waals surface area contributed by atoms with Gasteiger partial charge in [0, 0.05) is 17.7 Å². The molecule has 0 bridgehead atoms. The highest BCUT2D eigenvalue weighted by molar-refractivity contribution is 6.01. The average Bonchev–Trinajstić information content (AvgIpc) is 2.59. The average molecular weight is 289 g/mol. The maximum atomic E-state index is 12.4. The van der Waals surface area contributed by atoms with Gasteiger partial charge >= 0.3 is 0 Å². The van der Waals surface area contributed by atoms with E-state index in [1.165, 1.54) is 0 Å². The molecule has 1 N–H and O–H groups in total. The quantitative estimate of drug-likeness (QED) is 0.939. The first-order chi connectivity index (χ1) is 10.7. The van der Waals surface area contributed by atoms with Crippen LogP contribution in [0.5, 0.6) is 0 Å². The summed E-state index contributed by atoms with van der Waals surface area (Å²) in [4.78, 5) is 12.4. The summed E-state index contributed by atoms with van der Waals surface area (Å²) in [5, 5.41) is 20.8. The van der Waals surface area contributed by atoms with Gasteiger partial charge in [-0.1, -0.05) is 36.4 Å². The van der Waals surface area contributed by atoms with Gasteiger partial charge in [0.1, 0.15) is 0 Å². The predicted octanol–water partition coefficient (Wildman–Crippen LogP) is 3.11. The highest BCUT2D eigenvalue weighted by Gasteiger charge is 2.15. The van der Waals surface area contributed by atoms with Gasteiger partial charge in [-0.2, -0.15) is 10.5 Å². The van der Waals surface area contributed by atoms with Crippen molar-refractivity contribution < 1.29 is 4.79 Å². The Balaban J connectivity index is 2.38. The number of carbonyl (C=O) groups is 1. The summed E-state index contributed by atoms with van der Waals surface area (Å²) in [6, 6.07) is 18.5. The van der Waals surface area contributed by atoms with E-state index in [0.717, 1.165) is 5.56 Å². The minimum atomic E-state index is -0.248. The van der Waals surface area contributed by atoms with Crippen molar-refractivity contribution in [3.8, 4) is 23.3 Å². The van der Waals surface area contributed by atoms with E-state index in [4.69, 9.17) is 5.26 Å². The van der Waals surface area contributed by atoms with Crippen LogP contribution < -0.4 is 5.32 Å². The first kappa shape index (κ1) is 15.3. The molecule has 0 aromatic heterocycles. The highest BCUT2D eigenvalue weighted by atomic mass is 16.1. The number of rotatable bonds is 4. The van der Waals surface area contributed by atoms with Gasteiger partial charge in [0.15, 0.2) is 0 Å². The number of hydrogen-bond acceptors (Lipinski definition) is 3. The van der Waals surface area contributed by atoms with Gasteiger partial charge < -0.3 is 5.32 Å². The minimum Gasteiger partial charge on any atom is -0.351 e. The Labute approximate surface area is 129 Å². The van der Waals surface area contributed by atoms with Crippen molar-refractivity contribution in [1.82, 2.24) is 5.32 Å². The number of hydrogen-bond donors (Lipinski definition) is 1. The van der Waals surface area contributed by atoms with Gasteiger partial charge in [0.25, 0.3) is 5.91 Å². The molecule has 2 aromatic rings. The van der Waals surface area contributed by atoms with Crippen LogP contribution in [-0.2, 0) is 0 Å². The molecule has 4 nitrogen and oxygen atoms in total. The van der Waals surface area contributed by atoms with Gasteiger partial charge in [-0.05, 0) is 24.6 Å². The summed E-state index contributed by atoms with van der Waals surface area (Å²) < 4.78 is 0. The third-order valence-corrected chi connectivity index (χ3v) is 3.30. The van der Waals surface area contributed by atoms with Crippen LogP contribution in [0, 0.1) is 28.6 Å². The molecule has 1 atom stereocenters. The van der Waals surface area contributed by atoms with E-state index in [0.29, 0.717) is 23.2 Å². The lowest BCUT2D eigenvalue weighted by Gasteiger charge is -2.12. The SMILES string of the molecule is C[C@@H](C#N)CNC(=O)c1ccccc1-c1ccccc1C#N. The Morgan fingerprint density at radius 3 is 2.41 bits per heavy atom. The zero-order valence-corrected chi connectivity index (χ0v) is 12.2. The Hall–Kier alpha value is -3.11. The summed E-state index contributed by atoms with van der Waals surface area (Å²) in [6.45, 7) is 2.04. The Bertz CT molecular complexity index is 768. The topological polar surface area (TPSA) is 76.7 Å². The highest BCUT2D eigenvalue weighted by Crippen LogP contribution is 2.26. The fourth-order valence-electron chi connectivity index (χ4n) is 2.12. The molecule has 108 valence electrons. The second-order valence-electron chi connectivity index (χ2n) is 4.94. The van der Waals surface area contributed by atoms with Gasteiger partial charge in [0.2, 0.25) is 0 Å². The molecule has 0 radical (unpaired) electrons. The van der Waals surface area contributed by atoms with E-state index < -0.39 is 0 Å². The molecule has 1 amide bonds. The van der Waals surface area contributed by atoms with E-state index in [-0.39, 0.29) is 11.8 Å². The molecular formula is C18H15N3O. The number of amides is 1. The van der Waals surface area contributed by atoms with E-state index in [9.17, 15) is 10.1 Å². The molecule has 4 heteroatoms. The number of nitrogens with zero attached hydrogens (tertiary/aromatic N) is 2. The molecule has 0 aliphatic heterocycles. The van der Waals surface area contributed by atoms with E-state index in [1.807, 2.05) is 24.3 Å². The first-order valence-corrected chi connectivity index (χ1v) is 6.93. The number of carbonyl (C=O) groups excluding carboxylic acids is 1. The summed E-state index contributed by atoms with van der Waals surface area (Å²) >= 11 is 0. The molecule has 0 saturated heterocycles. The molecule has 0 spiro atoms. The van der Waals surface area contributed by atoms with Crippen molar-refractivity contribution in [3.63, 3.8) is 0 Å². The number of benzene rings is 2. The van der Waals surface area contributed by atoms with Crippen molar-refractivity contribution in [3.05, 3.63) is 59.7 Å². The maximum absolute atomic E-state index is 12.4. The van der Waals surface area contributed by atoms with Gasteiger partial charge in [-0.3, -0.25) is 4.79 Å². The van der Waals surface area contributed by atoms with Crippen LogP contribution in [0.15, 0.2) is 48.5 Å². The predicted molar refractivity (Wildman–Crippen MR) is 83.7 cm³/mol. The first-order valence-electron chi connectivity index (χ1n) is 6.93. The number of nitriles is 2. The molecule has 0 aliphatic carbocycles. The molecule has 2 aromatic carbocycles. The van der Waals surface area contributed by atoms with Gasteiger partial charge in [-0.15, -0.1) is 0 Å². The molecule has 0 saturated carbocycles. The molecule has 0 heterocycles. The zero-order chi connectivity index (χ0) is 15.9. The van der Waals surface area contributed by atoms with Crippen LogP contribution in [0.3, 0.4) is 0 Å². The Morgan fingerprint density at radius 2 is 1.73 bits per heavy atom. The molecule has 0 fully saturated rings. The second kappa shape index (κ2) is 7.06. The monoisotopic (exact) mass is 289 g/mol. The molecule has 22 heavy (non-hydrogen) atoms. The van der Waals surface area contributed by atoms with Crippen molar-refractivity contribution in [2.24, 2.45) is 5.92 Å². The lowest BCUT2D eigenvalue weighted by molar-refractivity contribution is 0.0951. The van der Waals surface area contributed by atoms with Crippen molar-refractivity contribution in [1.29, 1.82) is 10.5 Å². The standard InChI is InChI=1S/C18H15N3O/c1-13(10-19)12-21-18(22)17-9-5-4-8-16(17)15-7-3-2-6-14(15)11-20/h2-9,13H,12H2,1H3,(H,21,22)/t13-/m0/s1. The lowest BCUT2D eigenvalue weighted by Crippen LogP contribution is -2.28. The van der Waals surface area contributed by atoms with Gasteiger partial charge in [0.05, 0.1) is 23.6 Å². The summed E-state index contributed by atoms with van der Waals surface area (Å²) in [5.41, 5.74) is 2.45. The van der Waals surface area contributed by atoms with E-state index in [1.54, 1.807) is 31.2 Å². The molecular weight excluding hydrogens is 274 g/mol. The maximum Gasteiger partial charge on any atom is 0.251 e. The van der Waals surface area contributed by atoms with E-state index in [2.05, 4.69) is 17.5 Å². The van der Waals surface area contributed by atoms with Crippen molar-refractivity contribution in [2.75, 3.05) is 6.54 Å². The number of nitrogens with one attached hydrogen (secondary N) is 1. The van der Waals surface area contributed by atoms with Crippen LogP contribution in [0.1, 0.15) is 22.8 Å². The lowest BCUT2D eigenvalue weighted by atomic mass is 9.95. The normalized spacial score (nSPS) is 11.0. The summed E-state index contributed by atoms with van der Waals surface area (Å²) in [5.74, 6) is -0.493. The van der Waals surface area contributed by atoms with Crippen LogP contribution in [0.25, 0.3) is 11.1 Å². The van der Waals surface area contributed by atoms with E-state index >= 15 is 0 Å². The largest absolute Gasteiger partial charge is 0.351 e. The third kappa shape index (κ3) is 3.31. The van der Waals surface area contributed by atoms with Crippen LogP contribution >= 0.6 is 0 Å². The molecule has 0 unspecified atom stereocenters. The molecule has 0 aliphatic rings. The minimum absolute atomic E-state index is 0.245. The van der Waals surface area contributed by atoms with Crippen LogP contribution in [0.2, 0.25) is 0 Å². The summed E-state index contributed by atoms with van der Waals surface area (Å²) in [6.07, 6.45) is 0. The Kier molecular flexibility index (Phi) is 4.90. The zero-order valence-electron chi connectivity index (χ0n) is 12.2. The van der Waals surface area contributed by atoms with Crippen molar-refractivity contribution in [2.45, 2.75) is 6.92 Å². The van der Waals surface area contributed by atoms with Gasteiger partial charge in [-0.25, -0.2) is 0 Å². The fraction of sp³-hybridized carbons (Fsp3) is 0.167. The van der Waals surface area contributed by atoms with Crippen molar-refractivity contribution >= 4 is 5.91 Å². The fourth-order valence-corrected chi connectivity index (χ4v) is 2.12.